The second kappa shape index (κ2) is 8.82. The van der Waals surface area contributed by atoms with Gasteiger partial charge in [0, 0.05) is 46.0 Å². The molecule has 1 heterocycles. The van der Waals surface area contributed by atoms with E-state index in [-0.39, 0.29) is 6.54 Å². The topological polar surface area (TPSA) is 36.9 Å². The van der Waals surface area contributed by atoms with Crippen LogP contribution in [0.5, 0.6) is 0 Å². The highest BCUT2D eigenvalue weighted by Crippen LogP contribution is 2.18. The van der Waals surface area contributed by atoms with Crippen LogP contribution in [-0.2, 0) is 11.3 Å². The minimum absolute atomic E-state index is 0.206. The third kappa shape index (κ3) is 5.46. The van der Waals surface area contributed by atoms with Gasteiger partial charge < -0.3 is 15.0 Å². The van der Waals surface area contributed by atoms with Gasteiger partial charge in [-0.15, -0.1) is 0 Å². The molecule has 1 fully saturated rings. The predicted molar refractivity (Wildman–Crippen MR) is 87.3 cm³/mol. The normalized spacial score (nSPS) is 16.4. The first kappa shape index (κ1) is 17.7. The minimum Gasteiger partial charge on any atom is -0.381 e. The molecular weight excluding hydrogens is 300 g/mol. The fourth-order valence-electron chi connectivity index (χ4n) is 2.75. The summed E-state index contributed by atoms with van der Waals surface area (Å²) in [5.74, 6) is 0.510. The Labute approximate surface area is 136 Å². The lowest BCUT2D eigenvalue weighted by atomic mass is 9.96. The zero-order valence-electron chi connectivity index (χ0n) is 13.8. The summed E-state index contributed by atoms with van der Waals surface area (Å²) < 4.78 is 32.2. The number of nitrogens with one attached hydrogen (secondary N) is 1. The average molecular weight is 325 g/mol. The van der Waals surface area contributed by atoms with Crippen LogP contribution in [-0.4, -0.2) is 44.7 Å². The molecule has 0 amide bonds. The first-order valence-electron chi connectivity index (χ1n) is 8.03. The standard InChI is InChI=1S/C17H25F2N3O/c1-20-17(21-12-14-11-15(18)3-4-16(14)19)22(2)8-5-13-6-9-23-10-7-13/h3-4,11,13H,5-10,12H2,1-2H3,(H,20,21). The SMILES string of the molecule is CN=C(NCc1cc(F)ccc1F)N(C)CCC1CCOCC1. The monoisotopic (exact) mass is 325 g/mol. The van der Waals surface area contributed by atoms with Gasteiger partial charge in [0.25, 0.3) is 0 Å². The number of halogens is 2. The molecule has 6 heteroatoms. The fraction of sp³-hybridized carbons (Fsp3) is 0.588. The maximum atomic E-state index is 13.6. The molecule has 0 radical (unpaired) electrons. The largest absolute Gasteiger partial charge is 0.381 e. The van der Waals surface area contributed by atoms with Gasteiger partial charge in [0.15, 0.2) is 5.96 Å². The van der Waals surface area contributed by atoms with Gasteiger partial charge in [-0.3, -0.25) is 4.99 Å². The molecule has 128 valence electrons. The highest BCUT2D eigenvalue weighted by atomic mass is 19.1. The van der Waals surface area contributed by atoms with E-state index in [1.54, 1.807) is 7.05 Å². The molecule has 1 aliphatic heterocycles. The van der Waals surface area contributed by atoms with Crippen molar-refractivity contribution < 1.29 is 13.5 Å². The fourth-order valence-corrected chi connectivity index (χ4v) is 2.75. The second-order valence-corrected chi connectivity index (χ2v) is 5.90. The molecule has 1 aliphatic rings. The molecule has 1 N–H and O–H groups in total. The quantitative estimate of drug-likeness (QED) is 0.668. The number of nitrogens with zero attached hydrogens (tertiary/aromatic N) is 2. The molecule has 0 aliphatic carbocycles. The highest BCUT2D eigenvalue weighted by Gasteiger charge is 2.15. The Balaban J connectivity index is 1.82. The molecule has 0 spiro atoms. The third-order valence-corrected chi connectivity index (χ3v) is 4.23. The van der Waals surface area contributed by atoms with Crippen LogP contribution in [0.3, 0.4) is 0 Å². The average Bonchev–Trinajstić information content (AvgIpc) is 2.57. The van der Waals surface area contributed by atoms with E-state index >= 15 is 0 Å². The van der Waals surface area contributed by atoms with Gasteiger partial charge in [-0.25, -0.2) is 8.78 Å². The molecule has 0 bridgehead atoms. The Morgan fingerprint density at radius 2 is 2.09 bits per heavy atom. The minimum atomic E-state index is -0.439. The van der Waals surface area contributed by atoms with Crippen LogP contribution in [0.25, 0.3) is 0 Å². The van der Waals surface area contributed by atoms with Crippen molar-refractivity contribution in [2.75, 3.05) is 33.9 Å². The lowest BCUT2D eigenvalue weighted by Gasteiger charge is -2.26. The van der Waals surface area contributed by atoms with Gasteiger partial charge in [-0.05, 0) is 43.4 Å². The first-order valence-corrected chi connectivity index (χ1v) is 8.03. The molecule has 4 nitrogen and oxygen atoms in total. The molecule has 2 rings (SSSR count). The summed E-state index contributed by atoms with van der Waals surface area (Å²) in [7, 11) is 3.64. The Hall–Kier alpha value is -1.69. The molecular formula is C17H25F2N3O. The van der Waals surface area contributed by atoms with E-state index in [1.165, 1.54) is 6.07 Å². The number of ether oxygens (including phenoxy) is 1. The molecule has 1 saturated heterocycles. The van der Waals surface area contributed by atoms with Gasteiger partial charge in [0.2, 0.25) is 0 Å². The van der Waals surface area contributed by atoms with Crippen molar-refractivity contribution in [2.45, 2.75) is 25.8 Å². The van der Waals surface area contributed by atoms with Crippen molar-refractivity contribution in [2.24, 2.45) is 10.9 Å². The predicted octanol–water partition coefficient (Wildman–Crippen LogP) is 2.79. The summed E-state index contributed by atoms with van der Waals surface area (Å²) in [6.45, 7) is 2.77. The summed E-state index contributed by atoms with van der Waals surface area (Å²) in [5, 5.41) is 3.09. The number of hydrogen-bond acceptors (Lipinski definition) is 2. The van der Waals surface area contributed by atoms with Crippen LogP contribution in [0.1, 0.15) is 24.8 Å². The Morgan fingerprint density at radius 3 is 2.78 bits per heavy atom. The van der Waals surface area contributed by atoms with Crippen molar-refractivity contribution in [1.29, 1.82) is 0 Å². The van der Waals surface area contributed by atoms with E-state index in [9.17, 15) is 8.78 Å². The van der Waals surface area contributed by atoms with E-state index < -0.39 is 11.6 Å². The van der Waals surface area contributed by atoms with Crippen molar-refractivity contribution in [3.05, 3.63) is 35.4 Å². The number of benzene rings is 1. The zero-order chi connectivity index (χ0) is 16.7. The van der Waals surface area contributed by atoms with Crippen LogP contribution >= 0.6 is 0 Å². The van der Waals surface area contributed by atoms with Gasteiger partial charge in [-0.2, -0.15) is 0 Å². The second-order valence-electron chi connectivity index (χ2n) is 5.90. The maximum Gasteiger partial charge on any atom is 0.193 e. The Kier molecular flexibility index (Phi) is 6.77. The van der Waals surface area contributed by atoms with Gasteiger partial charge in [0.1, 0.15) is 11.6 Å². The molecule has 1 aromatic carbocycles. The molecule has 0 saturated carbocycles. The number of hydrogen-bond donors (Lipinski definition) is 1. The summed E-state index contributed by atoms with van der Waals surface area (Å²) in [5.41, 5.74) is 0.295. The van der Waals surface area contributed by atoms with Gasteiger partial charge in [-0.1, -0.05) is 0 Å². The van der Waals surface area contributed by atoms with Gasteiger partial charge >= 0.3 is 0 Å². The van der Waals surface area contributed by atoms with E-state index in [0.717, 1.165) is 51.2 Å². The first-order chi connectivity index (χ1) is 11.1. The molecule has 0 unspecified atom stereocenters. The summed E-state index contributed by atoms with van der Waals surface area (Å²) in [6.07, 6.45) is 3.29. The summed E-state index contributed by atoms with van der Waals surface area (Å²) in [4.78, 5) is 6.23. The number of guanidine groups is 1. The molecule has 0 aromatic heterocycles. The smallest absolute Gasteiger partial charge is 0.193 e. The Bertz CT molecular complexity index is 531. The van der Waals surface area contributed by atoms with Crippen LogP contribution in [0.2, 0.25) is 0 Å². The lowest BCUT2D eigenvalue weighted by molar-refractivity contribution is 0.0625. The molecule has 23 heavy (non-hydrogen) atoms. The molecule has 0 atom stereocenters. The summed E-state index contributed by atoms with van der Waals surface area (Å²) in [6, 6.07) is 3.47. The van der Waals surface area contributed by atoms with E-state index in [4.69, 9.17) is 4.74 Å². The van der Waals surface area contributed by atoms with E-state index in [1.807, 2.05) is 11.9 Å². The van der Waals surface area contributed by atoms with Crippen LogP contribution in [0, 0.1) is 17.6 Å². The Morgan fingerprint density at radius 1 is 1.35 bits per heavy atom. The van der Waals surface area contributed by atoms with Crippen LogP contribution in [0.15, 0.2) is 23.2 Å². The van der Waals surface area contributed by atoms with E-state index in [0.29, 0.717) is 17.4 Å². The van der Waals surface area contributed by atoms with Gasteiger partial charge in [0.05, 0.1) is 0 Å². The van der Waals surface area contributed by atoms with Crippen LogP contribution in [0.4, 0.5) is 8.78 Å². The third-order valence-electron chi connectivity index (χ3n) is 4.23. The number of aliphatic imine (C=N–C) groups is 1. The summed E-state index contributed by atoms with van der Waals surface area (Å²) >= 11 is 0. The zero-order valence-corrected chi connectivity index (χ0v) is 13.8. The molecule has 1 aromatic rings. The lowest BCUT2D eigenvalue weighted by Crippen LogP contribution is -2.39. The van der Waals surface area contributed by atoms with Crippen molar-refractivity contribution >= 4 is 5.96 Å². The highest BCUT2D eigenvalue weighted by molar-refractivity contribution is 5.79. The maximum absolute atomic E-state index is 13.6. The van der Waals surface area contributed by atoms with Crippen molar-refractivity contribution in [1.82, 2.24) is 10.2 Å². The van der Waals surface area contributed by atoms with E-state index in [2.05, 4.69) is 10.3 Å². The van der Waals surface area contributed by atoms with Crippen molar-refractivity contribution in [3.63, 3.8) is 0 Å². The van der Waals surface area contributed by atoms with Crippen molar-refractivity contribution in [3.8, 4) is 0 Å². The number of rotatable bonds is 5. The van der Waals surface area contributed by atoms with Crippen LogP contribution < -0.4 is 5.32 Å².